The summed E-state index contributed by atoms with van der Waals surface area (Å²) < 4.78 is 0. The lowest BCUT2D eigenvalue weighted by Crippen LogP contribution is -2.44. The molecule has 0 saturated carbocycles. The fourth-order valence-electron chi connectivity index (χ4n) is 2.98. The minimum atomic E-state index is 0.673. The molecule has 3 heteroatoms. The van der Waals surface area contributed by atoms with Crippen molar-refractivity contribution in [3.63, 3.8) is 0 Å². The molecule has 108 valence electrons. The van der Waals surface area contributed by atoms with Crippen LogP contribution in [0.15, 0.2) is 0 Å². The third-order valence-corrected chi connectivity index (χ3v) is 4.05. The van der Waals surface area contributed by atoms with Crippen molar-refractivity contribution in [2.24, 2.45) is 0 Å². The van der Waals surface area contributed by atoms with Crippen molar-refractivity contribution in [2.45, 2.75) is 58.0 Å². The van der Waals surface area contributed by atoms with Gasteiger partial charge >= 0.3 is 0 Å². The highest BCUT2D eigenvalue weighted by Gasteiger charge is 2.22. The molecular formula is C15H33N3. The maximum absolute atomic E-state index is 3.68. The van der Waals surface area contributed by atoms with E-state index in [1.807, 2.05) is 0 Å². The van der Waals surface area contributed by atoms with E-state index >= 15 is 0 Å². The van der Waals surface area contributed by atoms with Crippen LogP contribution in [0.25, 0.3) is 0 Å². The molecule has 0 bridgehead atoms. The van der Waals surface area contributed by atoms with E-state index in [-0.39, 0.29) is 0 Å². The zero-order valence-electron chi connectivity index (χ0n) is 12.9. The number of hydrogen-bond donors (Lipinski definition) is 1. The van der Waals surface area contributed by atoms with E-state index in [9.17, 15) is 0 Å². The van der Waals surface area contributed by atoms with Crippen LogP contribution in [-0.4, -0.2) is 62.2 Å². The van der Waals surface area contributed by atoms with Crippen LogP contribution in [0.1, 0.15) is 46.0 Å². The third-order valence-electron chi connectivity index (χ3n) is 4.05. The second-order valence-electron chi connectivity index (χ2n) is 5.94. The predicted molar refractivity (Wildman–Crippen MR) is 80.1 cm³/mol. The molecule has 0 radical (unpaired) electrons. The molecule has 1 heterocycles. The Morgan fingerprint density at radius 1 is 1.33 bits per heavy atom. The Balaban J connectivity index is 2.28. The van der Waals surface area contributed by atoms with Gasteiger partial charge in [0, 0.05) is 25.2 Å². The Bertz CT molecular complexity index is 208. The summed E-state index contributed by atoms with van der Waals surface area (Å²) in [7, 11) is 4.55. The van der Waals surface area contributed by atoms with Crippen LogP contribution >= 0.6 is 0 Å². The fourth-order valence-corrected chi connectivity index (χ4v) is 2.98. The molecule has 0 spiro atoms. The van der Waals surface area contributed by atoms with Crippen molar-refractivity contribution in [1.29, 1.82) is 0 Å². The molecule has 1 fully saturated rings. The SMILES string of the molecule is CCCNC(CCC)CN(C)CC1CCCN1C. The smallest absolute Gasteiger partial charge is 0.0220 e. The van der Waals surface area contributed by atoms with Gasteiger partial charge in [0.05, 0.1) is 0 Å². The molecule has 0 aliphatic carbocycles. The summed E-state index contributed by atoms with van der Waals surface area (Å²) in [5.41, 5.74) is 0. The van der Waals surface area contributed by atoms with Crippen LogP contribution in [0.2, 0.25) is 0 Å². The lowest BCUT2D eigenvalue weighted by atomic mass is 10.1. The average Bonchev–Trinajstić information content (AvgIpc) is 2.72. The first-order chi connectivity index (χ1) is 8.67. The summed E-state index contributed by atoms with van der Waals surface area (Å²) in [6.07, 6.45) is 6.56. The second kappa shape index (κ2) is 8.89. The molecule has 1 aliphatic heterocycles. The standard InChI is InChI=1S/C15H33N3/c1-5-8-14(16-10-6-2)12-17(3)13-15-9-7-11-18(15)4/h14-16H,5-13H2,1-4H3. The van der Waals surface area contributed by atoms with Crippen LogP contribution in [0.5, 0.6) is 0 Å². The highest BCUT2D eigenvalue weighted by molar-refractivity contribution is 4.80. The first kappa shape index (κ1) is 15.9. The van der Waals surface area contributed by atoms with Crippen LogP contribution in [0.4, 0.5) is 0 Å². The van der Waals surface area contributed by atoms with Gasteiger partial charge in [-0.1, -0.05) is 20.3 Å². The third kappa shape index (κ3) is 5.68. The number of rotatable bonds is 9. The normalized spacial score (nSPS) is 22.8. The lowest BCUT2D eigenvalue weighted by molar-refractivity contribution is 0.203. The Morgan fingerprint density at radius 2 is 2.11 bits per heavy atom. The zero-order chi connectivity index (χ0) is 13.4. The van der Waals surface area contributed by atoms with E-state index in [0.29, 0.717) is 6.04 Å². The van der Waals surface area contributed by atoms with Crippen molar-refractivity contribution >= 4 is 0 Å². The molecule has 18 heavy (non-hydrogen) atoms. The van der Waals surface area contributed by atoms with E-state index in [4.69, 9.17) is 0 Å². The molecule has 0 aromatic carbocycles. The van der Waals surface area contributed by atoms with Crippen molar-refractivity contribution in [3.8, 4) is 0 Å². The van der Waals surface area contributed by atoms with E-state index in [2.05, 4.69) is 43.1 Å². The minimum absolute atomic E-state index is 0.673. The first-order valence-electron chi connectivity index (χ1n) is 7.79. The summed E-state index contributed by atoms with van der Waals surface area (Å²) in [6.45, 7) is 9.38. The van der Waals surface area contributed by atoms with Crippen LogP contribution in [-0.2, 0) is 0 Å². The van der Waals surface area contributed by atoms with E-state index in [0.717, 1.165) is 12.6 Å². The molecular weight excluding hydrogens is 222 g/mol. The maximum Gasteiger partial charge on any atom is 0.0220 e. The fraction of sp³-hybridized carbons (Fsp3) is 1.00. The van der Waals surface area contributed by atoms with Gasteiger partial charge in [0.15, 0.2) is 0 Å². The Morgan fingerprint density at radius 3 is 2.67 bits per heavy atom. The van der Waals surface area contributed by atoms with Gasteiger partial charge in [-0.25, -0.2) is 0 Å². The molecule has 2 unspecified atom stereocenters. The highest BCUT2D eigenvalue weighted by atomic mass is 15.2. The van der Waals surface area contributed by atoms with Crippen molar-refractivity contribution in [3.05, 3.63) is 0 Å². The Hall–Kier alpha value is -0.120. The van der Waals surface area contributed by atoms with Crippen molar-refractivity contribution in [1.82, 2.24) is 15.1 Å². The molecule has 0 aromatic heterocycles. The highest BCUT2D eigenvalue weighted by Crippen LogP contribution is 2.15. The first-order valence-corrected chi connectivity index (χ1v) is 7.79. The zero-order valence-corrected chi connectivity index (χ0v) is 12.9. The minimum Gasteiger partial charge on any atom is -0.313 e. The van der Waals surface area contributed by atoms with E-state index < -0.39 is 0 Å². The topological polar surface area (TPSA) is 18.5 Å². The molecule has 1 rings (SSSR count). The summed E-state index contributed by atoms with van der Waals surface area (Å²) in [6, 6.07) is 1.45. The maximum atomic E-state index is 3.68. The molecule has 0 aromatic rings. The quantitative estimate of drug-likeness (QED) is 0.681. The largest absolute Gasteiger partial charge is 0.313 e. The number of likely N-dealkylation sites (tertiary alicyclic amines) is 1. The van der Waals surface area contributed by atoms with Crippen LogP contribution in [0.3, 0.4) is 0 Å². The number of nitrogens with zero attached hydrogens (tertiary/aromatic N) is 2. The van der Waals surface area contributed by atoms with Gasteiger partial charge in [-0.3, -0.25) is 0 Å². The Labute approximate surface area is 114 Å². The van der Waals surface area contributed by atoms with Crippen molar-refractivity contribution in [2.75, 3.05) is 40.3 Å². The number of hydrogen-bond acceptors (Lipinski definition) is 3. The molecule has 1 N–H and O–H groups in total. The van der Waals surface area contributed by atoms with Crippen LogP contribution in [0, 0.1) is 0 Å². The average molecular weight is 255 g/mol. The van der Waals surface area contributed by atoms with E-state index in [1.54, 1.807) is 0 Å². The van der Waals surface area contributed by atoms with Gasteiger partial charge in [0.1, 0.15) is 0 Å². The summed E-state index contributed by atoms with van der Waals surface area (Å²) >= 11 is 0. The van der Waals surface area contributed by atoms with Gasteiger partial charge in [-0.15, -0.1) is 0 Å². The summed E-state index contributed by atoms with van der Waals surface area (Å²) in [5.74, 6) is 0. The lowest BCUT2D eigenvalue weighted by Gasteiger charge is -2.29. The molecule has 2 atom stereocenters. The van der Waals surface area contributed by atoms with E-state index in [1.165, 1.54) is 51.7 Å². The predicted octanol–water partition coefficient (Wildman–Crippen LogP) is 2.18. The number of likely N-dealkylation sites (N-methyl/N-ethyl adjacent to an activating group) is 2. The Kier molecular flexibility index (Phi) is 7.87. The van der Waals surface area contributed by atoms with Crippen LogP contribution < -0.4 is 5.32 Å². The van der Waals surface area contributed by atoms with Gasteiger partial charge < -0.3 is 15.1 Å². The van der Waals surface area contributed by atoms with Crippen molar-refractivity contribution < 1.29 is 0 Å². The molecule has 1 saturated heterocycles. The monoisotopic (exact) mass is 255 g/mol. The summed E-state index contributed by atoms with van der Waals surface area (Å²) in [5, 5.41) is 3.68. The number of nitrogens with one attached hydrogen (secondary N) is 1. The summed E-state index contributed by atoms with van der Waals surface area (Å²) in [4.78, 5) is 5.04. The molecule has 3 nitrogen and oxygen atoms in total. The van der Waals surface area contributed by atoms with Gasteiger partial charge in [0.25, 0.3) is 0 Å². The molecule has 0 amide bonds. The second-order valence-corrected chi connectivity index (χ2v) is 5.94. The molecule has 1 aliphatic rings. The van der Waals surface area contributed by atoms with Gasteiger partial charge in [-0.05, 0) is 52.9 Å². The van der Waals surface area contributed by atoms with Gasteiger partial charge in [0.2, 0.25) is 0 Å². The van der Waals surface area contributed by atoms with Gasteiger partial charge in [-0.2, -0.15) is 0 Å².